The van der Waals surface area contributed by atoms with E-state index in [0.29, 0.717) is 3.67 Å². The van der Waals surface area contributed by atoms with Crippen LogP contribution in [0.1, 0.15) is 37.1 Å². The third-order valence-electron chi connectivity index (χ3n) is 6.63. The van der Waals surface area contributed by atoms with E-state index in [1.807, 2.05) is 0 Å². The molecular weight excluding hydrogens is 515 g/mol. The van der Waals surface area contributed by atoms with Gasteiger partial charge in [0.2, 0.25) is 0 Å². The molecule has 2 aliphatic carbocycles. The van der Waals surface area contributed by atoms with E-state index in [-0.39, 0.29) is 0 Å². The molecule has 1 atom stereocenters. The zero-order valence-electron chi connectivity index (χ0n) is 16.3. The number of hydrogen-bond donors (Lipinski definition) is 0. The van der Waals surface area contributed by atoms with Crippen LogP contribution >= 0.6 is 0 Å². The van der Waals surface area contributed by atoms with Crippen LogP contribution in [-0.2, 0) is 43.6 Å². The monoisotopic (exact) mass is 537 g/mol. The van der Waals surface area contributed by atoms with Crippen molar-refractivity contribution in [3.63, 3.8) is 0 Å². The van der Waals surface area contributed by atoms with Crippen LogP contribution in [0.5, 0.6) is 0 Å². The fraction of sp³-hybridized carbons (Fsp3) is 0.143. The Hall–Kier alpha value is -2.25. The van der Waals surface area contributed by atoms with Crippen molar-refractivity contribution < 1.29 is 24.4 Å². The van der Waals surface area contributed by atoms with E-state index in [9.17, 15) is 0 Å². The SMILES string of the molecule is [Hf][CH](Cc1cccc2c1Cc1ccccc1-2)c1cccc2c1Cc1ccccc1-2. The number of benzene rings is 4. The molecule has 0 nitrogen and oxygen atoms in total. The maximum absolute atomic E-state index is 2.39. The van der Waals surface area contributed by atoms with Crippen molar-refractivity contribution >= 4 is 0 Å². The van der Waals surface area contributed by atoms with Crippen molar-refractivity contribution in [3.8, 4) is 22.3 Å². The summed E-state index contributed by atoms with van der Waals surface area (Å²) in [7, 11) is 0. The summed E-state index contributed by atoms with van der Waals surface area (Å²) in [5.41, 5.74) is 15.0. The molecule has 2 aliphatic rings. The molecule has 4 aromatic rings. The fourth-order valence-electron chi connectivity index (χ4n) is 5.25. The van der Waals surface area contributed by atoms with Crippen molar-refractivity contribution in [2.75, 3.05) is 0 Å². The topological polar surface area (TPSA) is 0 Å². The number of hydrogen-bond acceptors (Lipinski definition) is 0. The van der Waals surface area contributed by atoms with Gasteiger partial charge in [-0.25, -0.2) is 0 Å². The van der Waals surface area contributed by atoms with Gasteiger partial charge in [0.25, 0.3) is 0 Å². The quantitative estimate of drug-likeness (QED) is 0.222. The predicted octanol–water partition coefficient (Wildman–Crippen LogP) is 6.66. The molecule has 0 bridgehead atoms. The number of rotatable bonds is 3. The average molecular weight is 536 g/mol. The Morgan fingerprint density at radius 3 is 1.86 bits per heavy atom. The van der Waals surface area contributed by atoms with Crippen LogP contribution in [0.15, 0.2) is 84.9 Å². The van der Waals surface area contributed by atoms with E-state index in [0.717, 1.165) is 19.3 Å². The van der Waals surface area contributed by atoms with Gasteiger partial charge in [-0.05, 0) is 0 Å². The minimum absolute atomic E-state index is 0.648. The molecule has 0 radical (unpaired) electrons. The van der Waals surface area contributed by atoms with Crippen LogP contribution in [-0.4, -0.2) is 0 Å². The molecule has 0 N–H and O–H groups in total. The fourth-order valence-corrected chi connectivity index (χ4v) is 7.01. The molecule has 29 heavy (non-hydrogen) atoms. The second-order valence-corrected chi connectivity index (χ2v) is 10.7. The van der Waals surface area contributed by atoms with Crippen molar-refractivity contribution in [2.24, 2.45) is 0 Å². The van der Waals surface area contributed by atoms with Crippen molar-refractivity contribution in [1.29, 1.82) is 0 Å². The summed E-state index contributed by atoms with van der Waals surface area (Å²) >= 11 is 1.17. The Kier molecular flexibility index (Phi) is 4.20. The van der Waals surface area contributed by atoms with Gasteiger partial charge in [0.05, 0.1) is 0 Å². The Morgan fingerprint density at radius 1 is 0.586 bits per heavy atom. The molecule has 0 saturated carbocycles. The summed E-state index contributed by atoms with van der Waals surface area (Å²) in [6.07, 6.45) is 3.35. The van der Waals surface area contributed by atoms with Crippen molar-refractivity contribution in [1.82, 2.24) is 0 Å². The van der Waals surface area contributed by atoms with E-state index >= 15 is 0 Å². The molecule has 0 spiro atoms. The summed E-state index contributed by atoms with van der Waals surface area (Å²) in [5.74, 6) is 0. The van der Waals surface area contributed by atoms with Gasteiger partial charge in [-0.3, -0.25) is 0 Å². The molecule has 0 heterocycles. The van der Waals surface area contributed by atoms with Crippen LogP contribution in [0.3, 0.4) is 0 Å². The first-order chi connectivity index (χ1) is 14.3. The second-order valence-electron chi connectivity index (χ2n) is 8.24. The summed E-state index contributed by atoms with van der Waals surface area (Å²) < 4.78 is 0.648. The molecule has 0 fully saturated rings. The normalized spacial score (nSPS) is 14.0. The molecule has 0 saturated heterocycles. The number of fused-ring (bicyclic) bond motifs is 6. The molecule has 137 valence electrons. The van der Waals surface area contributed by atoms with Crippen LogP contribution in [0.25, 0.3) is 22.3 Å². The molecule has 4 aromatic carbocycles. The molecule has 6 rings (SSSR count). The van der Waals surface area contributed by atoms with E-state index in [1.54, 1.807) is 22.3 Å². The van der Waals surface area contributed by atoms with Gasteiger partial charge in [-0.15, -0.1) is 0 Å². The zero-order chi connectivity index (χ0) is 19.4. The van der Waals surface area contributed by atoms with Gasteiger partial charge in [-0.2, -0.15) is 0 Å². The molecule has 0 aromatic heterocycles. The Balaban J connectivity index is 1.36. The van der Waals surface area contributed by atoms with Gasteiger partial charge in [0.1, 0.15) is 0 Å². The summed E-state index contributed by atoms with van der Waals surface area (Å²) in [5, 5.41) is 0. The van der Waals surface area contributed by atoms with E-state index in [4.69, 9.17) is 0 Å². The third-order valence-corrected chi connectivity index (χ3v) is 8.48. The Labute approximate surface area is 187 Å². The first kappa shape index (κ1) is 17.6. The maximum atomic E-state index is 2.39. The first-order valence-electron chi connectivity index (χ1n) is 10.4. The van der Waals surface area contributed by atoms with Gasteiger partial charge < -0.3 is 0 Å². The standard InChI is InChI=1S/C28H21.Hf/c1-3-11-23-21(7-1)17-27-19(9-5-13-25(23)27)15-16-20-10-6-14-26-24-12-4-2-8-22(24)18-28(20)26;/h1-15H,16-18H2;. The van der Waals surface area contributed by atoms with Crippen LogP contribution in [0.2, 0.25) is 0 Å². The molecule has 1 unspecified atom stereocenters. The van der Waals surface area contributed by atoms with E-state index in [1.165, 1.54) is 57.8 Å². The molecule has 0 amide bonds. The van der Waals surface area contributed by atoms with Gasteiger partial charge in [-0.1, -0.05) is 0 Å². The predicted molar refractivity (Wildman–Crippen MR) is 116 cm³/mol. The molecule has 1 heteroatoms. The summed E-state index contributed by atoms with van der Waals surface area (Å²) in [6, 6.07) is 31.7. The molecule has 0 aliphatic heterocycles. The first-order valence-corrected chi connectivity index (χ1v) is 12.5. The van der Waals surface area contributed by atoms with Gasteiger partial charge in [0, 0.05) is 0 Å². The van der Waals surface area contributed by atoms with Gasteiger partial charge in [0.15, 0.2) is 0 Å². The minimum atomic E-state index is 0.648. The zero-order valence-corrected chi connectivity index (χ0v) is 19.9. The molecular formula is C28H21Hf. The van der Waals surface area contributed by atoms with Crippen LogP contribution in [0.4, 0.5) is 0 Å². The third kappa shape index (κ3) is 2.82. The average Bonchev–Trinajstić information content (AvgIpc) is 3.32. The van der Waals surface area contributed by atoms with Crippen LogP contribution in [0, 0.1) is 0 Å². The second kappa shape index (κ2) is 6.92. The van der Waals surface area contributed by atoms with Gasteiger partial charge >= 0.3 is 188 Å². The Morgan fingerprint density at radius 2 is 1.14 bits per heavy atom. The van der Waals surface area contributed by atoms with Crippen LogP contribution < -0.4 is 0 Å². The Bertz CT molecular complexity index is 1250. The van der Waals surface area contributed by atoms with E-state index in [2.05, 4.69) is 84.9 Å². The van der Waals surface area contributed by atoms with Crippen molar-refractivity contribution in [3.05, 3.63) is 118 Å². The van der Waals surface area contributed by atoms with E-state index < -0.39 is 0 Å². The summed E-state index contributed by atoms with van der Waals surface area (Å²) in [4.78, 5) is 0. The summed E-state index contributed by atoms with van der Waals surface area (Å²) in [6.45, 7) is 0. The van der Waals surface area contributed by atoms with Crippen molar-refractivity contribution in [2.45, 2.75) is 22.9 Å².